The van der Waals surface area contributed by atoms with Crippen molar-refractivity contribution in [2.75, 3.05) is 6.61 Å². The van der Waals surface area contributed by atoms with Crippen molar-refractivity contribution in [3.8, 4) is 0 Å². The van der Waals surface area contributed by atoms with Gasteiger partial charge in [-0.25, -0.2) is 0 Å². The topological polar surface area (TPSA) is 55.5 Å². The lowest BCUT2D eigenvalue weighted by Crippen LogP contribution is -2.21. The molecule has 0 aromatic carbocycles. The molecule has 1 heterocycles. The van der Waals surface area contributed by atoms with Gasteiger partial charge < -0.3 is 15.6 Å². The van der Waals surface area contributed by atoms with E-state index in [1.54, 1.807) is 0 Å². The Hall–Kier alpha value is -0.540. The summed E-state index contributed by atoms with van der Waals surface area (Å²) >= 11 is 0. The van der Waals surface area contributed by atoms with Crippen molar-refractivity contribution in [1.29, 1.82) is 0 Å². The third-order valence-electron chi connectivity index (χ3n) is 3.24. The van der Waals surface area contributed by atoms with E-state index in [1.807, 2.05) is 0 Å². The number of hydrogen-bond acceptors (Lipinski definition) is 3. The summed E-state index contributed by atoms with van der Waals surface area (Å²) in [5.41, 5.74) is 5.67. The normalized spacial score (nSPS) is 22.9. The smallest absolute Gasteiger partial charge is 0.102 e. The highest BCUT2D eigenvalue weighted by Crippen LogP contribution is 2.18. The monoisotopic (exact) mass is 227 g/mol. The lowest BCUT2D eigenvalue weighted by Gasteiger charge is -2.22. The third-order valence-corrected chi connectivity index (χ3v) is 3.24. The lowest BCUT2D eigenvalue weighted by molar-refractivity contribution is 0.00976. The van der Waals surface area contributed by atoms with Gasteiger partial charge in [0.15, 0.2) is 0 Å². The fourth-order valence-corrected chi connectivity index (χ4v) is 2.11. The Morgan fingerprint density at radius 2 is 2.19 bits per heavy atom. The van der Waals surface area contributed by atoms with Crippen LogP contribution in [0, 0.1) is 0 Å². The fraction of sp³-hybridized carbons (Fsp3) is 0.846. The van der Waals surface area contributed by atoms with Crippen molar-refractivity contribution in [2.24, 2.45) is 5.73 Å². The van der Waals surface area contributed by atoms with Crippen LogP contribution in [0.4, 0.5) is 0 Å². The molecule has 3 heteroatoms. The molecule has 0 bridgehead atoms. The highest BCUT2D eigenvalue weighted by atomic mass is 16.5. The van der Waals surface area contributed by atoms with Crippen LogP contribution < -0.4 is 5.73 Å². The van der Waals surface area contributed by atoms with Crippen LogP contribution in [-0.2, 0) is 4.74 Å². The van der Waals surface area contributed by atoms with E-state index in [2.05, 4.69) is 6.58 Å². The second-order valence-electron chi connectivity index (χ2n) is 4.72. The SMILES string of the molecule is C=C(O)C(N)CCCCCC1CCCCO1. The zero-order valence-corrected chi connectivity index (χ0v) is 10.2. The van der Waals surface area contributed by atoms with Crippen LogP contribution in [-0.4, -0.2) is 23.9 Å². The number of ether oxygens (including phenoxy) is 1. The summed E-state index contributed by atoms with van der Waals surface area (Å²) in [6, 6.07) is -0.245. The second kappa shape index (κ2) is 7.69. The van der Waals surface area contributed by atoms with E-state index in [0.717, 1.165) is 19.4 Å². The van der Waals surface area contributed by atoms with Crippen LogP contribution >= 0.6 is 0 Å². The minimum atomic E-state index is -0.245. The predicted molar refractivity (Wildman–Crippen MR) is 66.4 cm³/mol. The van der Waals surface area contributed by atoms with Gasteiger partial charge in [0, 0.05) is 6.61 Å². The molecule has 16 heavy (non-hydrogen) atoms. The molecule has 0 aromatic rings. The molecule has 3 N–H and O–H groups in total. The third kappa shape index (κ3) is 5.52. The minimum Gasteiger partial charge on any atom is -0.511 e. The van der Waals surface area contributed by atoms with E-state index in [1.165, 1.54) is 38.5 Å². The molecule has 1 aliphatic rings. The molecule has 0 radical (unpaired) electrons. The van der Waals surface area contributed by atoms with Gasteiger partial charge in [0.25, 0.3) is 0 Å². The standard InChI is InChI=1S/C13H25NO2/c1-11(15)13(14)9-4-2-3-7-12-8-5-6-10-16-12/h12-13,15H,1-10,14H2. The number of aliphatic hydroxyl groups is 1. The summed E-state index contributed by atoms with van der Waals surface area (Å²) in [6.45, 7) is 4.38. The molecule has 0 saturated carbocycles. The first-order valence-electron chi connectivity index (χ1n) is 6.45. The van der Waals surface area contributed by atoms with Crippen LogP contribution in [0.5, 0.6) is 0 Å². The summed E-state index contributed by atoms with van der Waals surface area (Å²) < 4.78 is 5.67. The number of aliphatic hydroxyl groups excluding tert-OH is 1. The van der Waals surface area contributed by atoms with Gasteiger partial charge in [-0.05, 0) is 32.1 Å². The minimum absolute atomic E-state index is 0.107. The quantitative estimate of drug-likeness (QED) is 0.519. The van der Waals surface area contributed by atoms with Crippen molar-refractivity contribution in [3.05, 3.63) is 12.3 Å². The molecule has 1 aliphatic heterocycles. The van der Waals surface area contributed by atoms with Gasteiger partial charge in [0.2, 0.25) is 0 Å². The Morgan fingerprint density at radius 1 is 1.38 bits per heavy atom. The van der Waals surface area contributed by atoms with Crippen molar-refractivity contribution in [1.82, 2.24) is 0 Å². The molecule has 0 aromatic heterocycles. The molecule has 0 aliphatic carbocycles. The van der Waals surface area contributed by atoms with Gasteiger partial charge >= 0.3 is 0 Å². The van der Waals surface area contributed by atoms with Crippen LogP contribution in [0.15, 0.2) is 12.3 Å². The van der Waals surface area contributed by atoms with Crippen molar-refractivity contribution in [3.63, 3.8) is 0 Å². The average molecular weight is 227 g/mol. The summed E-state index contributed by atoms with van der Waals surface area (Å²) in [7, 11) is 0. The van der Waals surface area contributed by atoms with Crippen LogP contribution in [0.3, 0.4) is 0 Å². The first-order chi connectivity index (χ1) is 7.70. The Morgan fingerprint density at radius 3 is 2.81 bits per heavy atom. The van der Waals surface area contributed by atoms with E-state index < -0.39 is 0 Å². The van der Waals surface area contributed by atoms with Gasteiger partial charge in [-0.3, -0.25) is 0 Å². The van der Waals surface area contributed by atoms with Gasteiger partial charge in [-0.2, -0.15) is 0 Å². The van der Waals surface area contributed by atoms with Gasteiger partial charge in [-0.1, -0.05) is 25.8 Å². The van der Waals surface area contributed by atoms with Crippen molar-refractivity contribution in [2.45, 2.75) is 63.5 Å². The van der Waals surface area contributed by atoms with Crippen LogP contribution in [0.25, 0.3) is 0 Å². The molecular weight excluding hydrogens is 202 g/mol. The van der Waals surface area contributed by atoms with Crippen LogP contribution in [0.1, 0.15) is 51.4 Å². The molecule has 0 amide bonds. The molecule has 1 fully saturated rings. The summed E-state index contributed by atoms with van der Waals surface area (Å²) in [4.78, 5) is 0. The molecule has 2 atom stereocenters. The molecule has 2 unspecified atom stereocenters. The van der Waals surface area contributed by atoms with Crippen molar-refractivity contribution >= 4 is 0 Å². The maximum atomic E-state index is 9.04. The zero-order chi connectivity index (χ0) is 11.8. The summed E-state index contributed by atoms with van der Waals surface area (Å²) in [5.74, 6) is 0.107. The maximum Gasteiger partial charge on any atom is 0.102 e. The van der Waals surface area contributed by atoms with E-state index in [4.69, 9.17) is 15.6 Å². The lowest BCUT2D eigenvalue weighted by atomic mass is 10.0. The molecular formula is C13H25NO2. The first-order valence-corrected chi connectivity index (χ1v) is 6.45. The zero-order valence-electron chi connectivity index (χ0n) is 10.2. The molecule has 1 rings (SSSR count). The highest BCUT2D eigenvalue weighted by Gasteiger charge is 2.13. The highest BCUT2D eigenvalue weighted by molar-refractivity contribution is 4.91. The van der Waals surface area contributed by atoms with Gasteiger partial charge in [0.05, 0.1) is 12.1 Å². The Labute approximate surface area is 98.7 Å². The molecule has 3 nitrogen and oxygen atoms in total. The fourth-order valence-electron chi connectivity index (χ4n) is 2.11. The summed E-state index contributed by atoms with van der Waals surface area (Å²) in [5, 5.41) is 9.04. The maximum absolute atomic E-state index is 9.04. The number of rotatable bonds is 7. The molecule has 0 spiro atoms. The summed E-state index contributed by atoms with van der Waals surface area (Å²) in [6.07, 6.45) is 9.71. The Balaban J connectivity index is 1.93. The van der Waals surface area contributed by atoms with E-state index >= 15 is 0 Å². The number of unbranched alkanes of at least 4 members (excludes halogenated alkanes) is 2. The van der Waals surface area contributed by atoms with Crippen LogP contribution in [0.2, 0.25) is 0 Å². The number of nitrogens with two attached hydrogens (primary N) is 1. The molecule has 94 valence electrons. The van der Waals surface area contributed by atoms with Crippen molar-refractivity contribution < 1.29 is 9.84 Å². The Bertz CT molecular complexity index is 200. The first kappa shape index (κ1) is 13.5. The van der Waals surface area contributed by atoms with E-state index in [0.29, 0.717) is 6.10 Å². The van der Waals surface area contributed by atoms with Gasteiger partial charge in [-0.15, -0.1) is 0 Å². The predicted octanol–water partition coefficient (Wildman–Crippen LogP) is 2.91. The average Bonchev–Trinajstić information content (AvgIpc) is 2.29. The second-order valence-corrected chi connectivity index (χ2v) is 4.72. The number of hydrogen-bond donors (Lipinski definition) is 2. The van der Waals surface area contributed by atoms with Gasteiger partial charge in [0.1, 0.15) is 5.76 Å². The molecule has 1 saturated heterocycles. The Kier molecular flexibility index (Phi) is 6.50. The van der Waals surface area contributed by atoms with E-state index in [9.17, 15) is 0 Å². The largest absolute Gasteiger partial charge is 0.511 e. The van der Waals surface area contributed by atoms with E-state index in [-0.39, 0.29) is 11.8 Å².